The van der Waals surface area contributed by atoms with E-state index in [4.69, 9.17) is 4.74 Å². The fraction of sp³-hybridized carbons (Fsp3) is 0.467. The molecule has 2 aromatic rings. The van der Waals surface area contributed by atoms with Crippen LogP contribution in [0, 0.1) is 20.8 Å². The molecular formula is C15H19N5O. The summed E-state index contributed by atoms with van der Waals surface area (Å²) in [6, 6.07) is 3.99. The van der Waals surface area contributed by atoms with Crippen LogP contribution in [-0.2, 0) is 4.74 Å². The van der Waals surface area contributed by atoms with Gasteiger partial charge in [0.15, 0.2) is 0 Å². The Hall–Kier alpha value is -2.08. The van der Waals surface area contributed by atoms with Crippen molar-refractivity contribution >= 4 is 5.82 Å². The molecule has 0 radical (unpaired) electrons. The summed E-state index contributed by atoms with van der Waals surface area (Å²) in [5.41, 5.74) is 2.88. The van der Waals surface area contributed by atoms with Crippen molar-refractivity contribution in [3.05, 3.63) is 41.4 Å². The van der Waals surface area contributed by atoms with Crippen molar-refractivity contribution in [3.63, 3.8) is 0 Å². The summed E-state index contributed by atoms with van der Waals surface area (Å²) in [4.78, 5) is 19.5. The molecule has 0 spiro atoms. The summed E-state index contributed by atoms with van der Waals surface area (Å²) < 4.78 is 5.88. The van der Waals surface area contributed by atoms with E-state index in [2.05, 4.69) is 24.8 Å². The van der Waals surface area contributed by atoms with Gasteiger partial charge in [-0.1, -0.05) is 0 Å². The first-order chi connectivity index (χ1) is 10.1. The molecule has 2 aromatic heterocycles. The highest BCUT2D eigenvalue weighted by Gasteiger charge is 2.24. The number of ether oxygens (including phenoxy) is 1. The summed E-state index contributed by atoms with van der Waals surface area (Å²) in [6.07, 6.45) is 1.56. The Morgan fingerprint density at radius 1 is 1.10 bits per heavy atom. The molecule has 0 N–H and O–H groups in total. The Morgan fingerprint density at radius 2 is 1.95 bits per heavy atom. The molecule has 0 aliphatic carbocycles. The van der Waals surface area contributed by atoms with Crippen LogP contribution in [0.2, 0.25) is 0 Å². The maximum Gasteiger partial charge on any atom is 0.132 e. The molecule has 1 atom stereocenters. The van der Waals surface area contributed by atoms with Crippen LogP contribution in [0.5, 0.6) is 0 Å². The second-order valence-corrected chi connectivity index (χ2v) is 5.30. The van der Waals surface area contributed by atoms with E-state index in [0.717, 1.165) is 41.8 Å². The maximum absolute atomic E-state index is 5.88. The first-order valence-electron chi connectivity index (χ1n) is 7.09. The number of morpholine rings is 1. The molecule has 3 rings (SSSR count). The van der Waals surface area contributed by atoms with Crippen LogP contribution in [0.3, 0.4) is 0 Å². The molecule has 110 valence electrons. The van der Waals surface area contributed by atoms with Crippen molar-refractivity contribution in [1.29, 1.82) is 0 Å². The minimum absolute atomic E-state index is 0.0468. The molecule has 1 fully saturated rings. The van der Waals surface area contributed by atoms with Crippen LogP contribution in [-0.4, -0.2) is 39.6 Å². The van der Waals surface area contributed by atoms with E-state index < -0.39 is 0 Å². The number of nitrogens with zero attached hydrogens (tertiary/aromatic N) is 5. The largest absolute Gasteiger partial charge is 0.368 e. The lowest BCUT2D eigenvalue weighted by Gasteiger charge is -2.33. The van der Waals surface area contributed by atoms with E-state index in [0.29, 0.717) is 6.61 Å². The van der Waals surface area contributed by atoms with Gasteiger partial charge in [0.2, 0.25) is 0 Å². The number of aromatic nitrogens is 4. The second kappa shape index (κ2) is 5.73. The van der Waals surface area contributed by atoms with Gasteiger partial charge in [-0.2, -0.15) is 0 Å². The Bertz CT molecular complexity index is 625. The molecule has 0 bridgehead atoms. The Morgan fingerprint density at radius 3 is 2.71 bits per heavy atom. The second-order valence-electron chi connectivity index (χ2n) is 5.30. The van der Waals surface area contributed by atoms with E-state index in [1.807, 2.05) is 32.9 Å². The lowest BCUT2D eigenvalue weighted by atomic mass is 10.1. The predicted octanol–water partition coefficient (Wildman–Crippen LogP) is 1.77. The summed E-state index contributed by atoms with van der Waals surface area (Å²) in [5, 5.41) is 0. The van der Waals surface area contributed by atoms with Crippen molar-refractivity contribution in [2.24, 2.45) is 0 Å². The molecule has 1 unspecified atom stereocenters. The fourth-order valence-electron chi connectivity index (χ4n) is 2.56. The maximum atomic E-state index is 5.88. The van der Waals surface area contributed by atoms with Gasteiger partial charge in [-0.05, 0) is 26.8 Å². The van der Waals surface area contributed by atoms with E-state index >= 15 is 0 Å². The van der Waals surface area contributed by atoms with E-state index in [-0.39, 0.29) is 6.10 Å². The number of anilines is 1. The molecule has 1 aliphatic rings. The van der Waals surface area contributed by atoms with Gasteiger partial charge in [0.25, 0.3) is 0 Å². The molecule has 6 heteroatoms. The third kappa shape index (κ3) is 3.16. The van der Waals surface area contributed by atoms with Gasteiger partial charge in [0.05, 0.1) is 18.8 Å². The van der Waals surface area contributed by atoms with Gasteiger partial charge in [-0.3, -0.25) is 0 Å². The average Bonchev–Trinajstić information content (AvgIpc) is 2.46. The van der Waals surface area contributed by atoms with Crippen LogP contribution in [0.1, 0.15) is 29.0 Å². The summed E-state index contributed by atoms with van der Waals surface area (Å²) >= 11 is 0. The molecule has 6 nitrogen and oxygen atoms in total. The highest BCUT2D eigenvalue weighted by molar-refractivity contribution is 5.39. The van der Waals surface area contributed by atoms with Gasteiger partial charge in [-0.25, -0.2) is 19.9 Å². The van der Waals surface area contributed by atoms with Crippen LogP contribution < -0.4 is 4.90 Å². The van der Waals surface area contributed by atoms with E-state index in [1.165, 1.54) is 0 Å². The SMILES string of the molecule is Cc1cc(N2CCOC(c3cc(C)nc(C)n3)C2)ncn1. The van der Waals surface area contributed by atoms with Crippen LogP contribution >= 0.6 is 0 Å². The van der Waals surface area contributed by atoms with Crippen molar-refractivity contribution in [2.45, 2.75) is 26.9 Å². The zero-order valence-corrected chi connectivity index (χ0v) is 12.6. The van der Waals surface area contributed by atoms with Gasteiger partial charge in [0.1, 0.15) is 24.1 Å². The topological polar surface area (TPSA) is 64.0 Å². The number of aryl methyl sites for hydroxylation is 3. The van der Waals surface area contributed by atoms with E-state index in [9.17, 15) is 0 Å². The highest BCUT2D eigenvalue weighted by atomic mass is 16.5. The minimum atomic E-state index is -0.0468. The van der Waals surface area contributed by atoms with E-state index in [1.54, 1.807) is 6.33 Å². The predicted molar refractivity (Wildman–Crippen MR) is 79.2 cm³/mol. The smallest absolute Gasteiger partial charge is 0.132 e. The lowest BCUT2D eigenvalue weighted by molar-refractivity contribution is 0.0365. The molecule has 1 aliphatic heterocycles. The van der Waals surface area contributed by atoms with Crippen molar-refractivity contribution in [1.82, 2.24) is 19.9 Å². The Kier molecular flexibility index (Phi) is 3.79. The summed E-state index contributed by atoms with van der Waals surface area (Å²) in [5.74, 6) is 1.72. The van der Waals surface area contributed by atoms with Crippen LogP contribution in [0.15, 0.2) is 18.5 Å². The van der Waals surface area contributed by atoms with Gasteiger partial charge in [0, 0.05) is 24.0 Å². The zero-order chi connectivity index (χ0) is 14.8. The van der Waals surface area contributed by atoms with Crippen molar-refractivity contribution < 1.29 is 4.74 Å². The number of hydrogen-bond acceptors (Lipinski definition) is 6. The zero-order valence-electron chi connectivity index (χ0n) is 12.6. The first-order valence-corrected chi connectivity index (χ1v) is 7.09. The molecule has 3 heterocycles. The van der Waals surface area contributed by atoms with Crippen molar-refractivity contribution in [3.8, 4) is 0 Å². The normalized spacial score (nSPS) is 18.8. The summed E-state index contributed by atoms with van der Waals surface area (Å²) in [7, 11) is 0. The molecule has 0 amide bonds. The Labute approximate surface area is 124 Å². The van der Waals surface area contributed by atoms with Crippen LogP contribution in [0.25, 0.3) is 0 Å². The fourth-order valence-corrected chi connectivity index (χ4v) is 2.56. The van der Waals surface area contributed by atoms with Crippen molar-refractivity contribution in [2.75, 3.05) is 24.6 Å². The number of rotatable bonds is 2. The van der Waals surface area contributed by atoms with Gasteiger partial charge < -0.3 is 9.64 Å². The standard InChI is InChI=1S/C15H19N5O/c1-10-7-15(17-9-16-10)20-4-5-21-14(8-20)13-6-11(2)18-12(3)19-13/h6-7,9,14H,4-5,8H2,1-3H3. The highest BCUT2D eigenvalue weighted by Crippen LogP contribution is 2.24. The first kappa shape index (κ1) is 13.9. The average molecular weight is 285 g/mol. The van der Waals surface area contributed by atoms with Gasteiger partial charge >= 0.3 is 0 Å². The monoisotopic (exact) mass is 285 g/mol. The molecule has 0 aromatic carbocycles. The lowest BCUT2D eigenvalue weighted by Crippen LogP contribution is -2.39. The Balaban J connectivity index is 1.82. The molecule has 21 heavy (non-hydrogen) atoms. The number of hydrogen-bond donors (Lipinski definition) is 0. The molecular weight excluding hydrogens is 266 g/mol. The quantitative estimate of drug-likeness (QED) is 0.838. The van der Waals surface area contributed by atoms with Gasteiger partial charge in [-0.15, -0.1) is 0 Å². The third-order valence-corrected chi connectivity index (χ3v) is 3.50. The third-order valence-electron chi connectivity index (χ3n) is 3.50. The van der Waals surface area contributed by atoms with Crippen LogP contribution in [0.4, 0.5) is 5.82 Å². The summed E-state index contributed by atoms with van der Waals surface area (Å²) in [6.45, 7) is 8.09. The molecule has 1 saturated heterocycles. The minimum Gasteiger partial charge on any atom is -0.368 e. The molecule has 0 saturated carbocycles.